The summed E-state index contributed by atoms with van der Waals surface area (Å²) in [6.45, 7) is 5.19. The molecule has 0 saturated heterocycles. The molecule has 0 aliphatic heterocycles. The van der Waals surface area contributed by atoms with Gasteiger partial charge in [-0.25, -0.2) is 4.79 Å². The number of aromatic hydroxyl groups is 1. The van der Waals surface area contributed by atoms with Gasteiger partial charge in [-0.05, 0) is 45.4 Å². The average Bonchev–Trinajstić information content (AvgIpc) is 2.53. The molecule has 0 spiro atoms. The lowest BCUT2D eigenvalue weighted by molar-refractivity contribution is 0.0561. The number of nitrogens with zero attached hydrogens (tertiary/aromatic N) is 2. The number of carbonyl (C=O) groups excluding carboxylic acids is 2. The van der Waals surface area contributed by atoms with Crippen LogP contribution in [0.4, 0.5) is 4.79 Å². The number of nitriles is 1. The normalized spacial score (nSPS) is 11.4. The molecule has 1 aromatic rings. The summed E-state index contributed by atoms with van der Waals surface area (Å²) in [6.07, 6.45) is -0.464. The van der Waals surface area contributed by atoms with Gasteiger partial charge in [-0.3, -0.25) is 10.1 Å². The van der Waals surface area contributed by atoms with Crippen LogP contribution in [0, 0.1) is 11.3 Å². The molecule has 0 heterocycles. The van der Waals surface area contributed by atoms with Gasteiger partial charge in [-0.1, -0.05) is 0 Å². The zero-order valence-corrected chi connectivity index (χ0v) is 14.9. The fourth-order valence-corrected chi connectivity index (χ4v) is 1.74. The third-order valence-corrected chi connectivity index (χ3v) is 2.82. The van der Waals surface area contributed by atoms with Crippen molar-refractivity contribution in [3.05, 3.63) is 29.3 Å². The molecule has 140 valence electrons. The largest absolute Gasteiger partial charge is 0.507 e. The van der Waals surface area contributed by atoms with Crippen LogP contribution < -0.4 is 10.6 Å². The van der Waals surface area contributed by atoms with E-state index in [4.69, 9.17) is 15.1 Å². The Balaban J connectivity index is 3.03. The maximum atomic E-state index is 12.3. The Morgan fingerprint density at radius 1 is 1.35 bits per heavy atom. The molecule has 9 heteroatoms. The summed E-state index contributed by atoms with van der Waals surface area (Å²) in [7, 11) is 0. The van der Waals surface area contributed by atoms with Crippen molar-refractivity contribution in [2.75, 3.05) is 13.2 Å². The zero-order chi connectivity index (χ0) is 19.7. The van der Waals surface area contributed by atoms with Gasteiger partial charge in [-0.15, -0.1) is 0 Å². The Labute approximate surface area is 151 Å². The number of hydrogen-bond donors (Lipinski definition) is 4. The van der Waals surface area contributed by atoms with Gasteiger partial charge in [0.1, 0.15) is 11.4 Å². The number of nitrogens with one attached hydrogen (secondary N) is 2. The van der Waals surface area contributed by atoms with Crippen LogP contribution in [0.2, 0.25) is 0 Å². The summed E-state index contributed by atoms with van der Waals surface area (Å²) < 4.78 is 5.10. The summed E-state index contributed by atoms with van der Waals surface area (Å²) >= 11 is 0. The second-order valence-electron chi connectivity index (χ2n) is 6.24. The summed E-state index contributed by atoms with van der Waals surface area (Å²) in [5.74, 6) is -1.40. The Morgan fingerprint density at radius 3 is 2.62 bits per heavy atom. The van der Waals surface area contributed by atoms with Crippen molar-refractivity contribution < 1.29 is 24.5 Å². The fourth-order valence-electron chi connectivity index (χ4n) is 1.74. The quantitative estimate of drug-likeness (QED) is 0.358. The molecule has 0 bridgehead atoms. The predicted octanol–water partition coefficient (Wildman–Crippen LogP) is 1.26. The van der Waals surface area contributed by atoms with Crippen LogP contribution in [0.1, 0.15) is 43.1 Å². The van der Waals surface area contributed by atoms with E-state index in [1.54, 1.807) is 20.8 Å². The minimum absolute atomic E-state index is 0.0916. The van der Waals surface area contributed by atoms with Gasteiger partial charge < -0.3 is 20.3 Å². The second-order valence-corrected chi connectivity index (χ2v) is 6.24. The monoisotopic (exact) mass is 362 g/mol. The van der Waals surface area contributed by atoms with E-state index in [0.717, 1.165) is 0 Å². The zero-order valence-electron chi connectivity index (χ0n) is 14.9. The average molecular weight is 362 g/mol. The van der Waals surface area contributed by atoms with Crippen molar-refractivity contribution >= 4 is 18.0 Å². The summed E-state index contributed by atoms with van der Waals surface area (Å²) in [6, 6.07) is 5.62. The fraction of sp³-hybridized carbons (Fsp3) is 0.412. The van der Waals surface area contributed by atoms with E-state index < -0.39 is 17.6 Å². The number of phenols is 1. The number of aliphatic hydroxyl groups is 1. The van der Waals surface area contributed by atoms with Crippen molar-refractivity contribution in [1.82, 2.24) is 10.6 Å². The van der Waals surface area contributed by atoms with Crippen LogP contribution in [-0.4, -0.2) is 46.9 Å². The second kappa shape index (κ2) is 9.39. The molecule has 2 amide bonds. The maximum absolute atomic E-state index is 12.3. The van der Waals surface area contributed by atoms with E-state index in [9.17, 15) is 14.7 Å². The van der Waals surface area contributed by atoms with Gasteiger partial charge in [0.25, 0.3) is 5.91 Å². The number of carbonyl (C=O) groups is 2. The first-order valence-corrected chi connectivity index (χ1v) is 7.87. The number of rotatable bonds is 4. The molecule has 0 aromatic heterocycles. The van der Waals surface area contributed by atoms with E-state index >= 15 is 0 Å². The lowest BCUT2D eigenvalue weighted by Gasteiger charge is -2.20. The molecule has 9 nitrogen and oxygen atoms in total. The number of amides is 2. The molecule has 4 N–H and O–H groups in total. The molecule has 1 aromatic carbocycles. The maximum Gasteiger partial charge on any atom is 0.414 e. The van der Waals surface area contributed by atoms with E-state index in [1.165, 1.54) is 18.2 Å². The van der Waals surface area contributed by atoms with Crippen LogP contribution in [0.25, 0.3) is 0 Å². The van der Waals surface area contributed by atoms with Crippen LogP contribution in [-0.2, 0) is 4.74 Å². The van der Waals surface area contributed by atoms with Crippen molar-refractivity contribution in [2.45, 2.75) is 32.8 Å². The molecule has 1 rings (SSSR count). The third kappa shape index (κ3) is 7.19. The summed E-state index contributed by atoms with van der Waals surface area (Å²) in [5, 5.41) is 32.5. The van der Waals surface area contributed by atoms with Crippen molar-refractivity contribution in [3.63, 3.8) is 0 Å². The molecular formula is C17H22N4O5. The Hall–Kier alpha value is -3.12. The third-order valence-electron chi connectivity index (χ3n) is 2.82. The molecule has 0 radical (unpaired) electrons. The van der Waals surface area contributed by atoms with Crippen LogP contribution >= 0.6 is 0 Å². The van der Waals surface area contributed by atoms with E-state index in [-0.39, 0.29) is 36.0 Å². The lowest BCUT2D eigenvalue weighted by Crippen LogP contribution is -2.44. The van der Waals surface area contributed by atoms with Crippen molar-refractivity contribution in [1.29, 1.82) is 5.26 Å². The van der Waals surface area contributed by atoms with E-state index in [0.29, 0.717) is 6.42 Å². The van der Waals surface area contributed by atoms with Gasteiger partial charge >= 0.3 is 6.09 Å². The van der Waals surface area contributed by atoms with Gasteiger partial charge in [0.05, 0.1) is 17.2 Å². The highest BCUT2D eigenvalue weighted by atomic mass is 16.6. The van der Waals surface area contributed by atoms with Crippen LogP contribution in [0.15, 0.2) is 23.2 Å². The first-order chi connectivity index (χ1) is 12.2. The van der Waals surface area contributed by atoms with E-state index in [1.807, 2.05) is 6.07 Å². The first kappa shape index (κ1) is 20.9. The predicted molar refractivity (Wildman–Crippen MR) is 93.7 cm³/mol. The molecule has 0 saturated carbocycles. The molecule has 0 aliphatic rings. The Kier molecular flexibility index (Phi) is 7.55. The number of phenolic OH excluding ortho intramolecular Hbond substituents is 1. The topological polar surface area (TPSA) is 144 Å². The number of aliphatic hydroxyl groups excluding tert-OH is 1. The van der Waals surface area contributed by atoms with E-state index in [2.05, 4.69) is 15.6 Å². The minimum atomic E-state index is -0.859. The van der Waals surface area contributed by atoms with Crippen molar-refractivity contribution in [3.8, 4) is 11.8 Å². The number of hydrogen-bond acceptors (Lipinski definition) is 6. The molecule has 0 unspecified atom stereocenters. The lowest BCUT2D eigenvalue weighted by atomic mass is 10.1. The van der Waals surface area contributed by atoms with Crippen LogP contribution in [0.3, 0.4) is 0 Å². The number of aliphatic imine (C=N–C) groups is 1. The highest BCUT2D eigenvalue weighted by Gasteiger charge is 2.19. The highest BCUT2D eigenvalue weighted by Crippen LogP contribution is 2.19. The SMILES string of the molecule is CC(C)(C)OC(=O)N/C(=N\C(=O)c1cc(C#N)ccc1O)NCCCO. The Bertz CT molecular complexity index is 732. The van der Waals surface area contributed by atoms with Gasteiger partial charge in [-0.2, -0.15) is 10.3 Å². The number of benzene rings is 1. The molecule has 0 atom stereocenters. The number of guanidine groups is 1. The minimum Gasteiger partial charge on any atom is -0.507 e. The molecule has 26 heavy (non-hydrogen) atoms. The van der Waals surface area contributed by atoms with Gasteiger partial charge in [0.15, 0.2) is 0 Å². The van der Waals surface area contributed by atoms with Gasteiger partial charge in [0, 0.05) is 13.2 Å². The number of alkyl carbamates (subject to hydrolysis) is 1. The van der Waals surface area contributed by atoms with Gasteiger partial charge in [0.2, 0.25) is 5.96 Å². The van der Waals surface area contributed by atoms with Crippen molar-refractivity contribution in [2.24, 2.45) is 4.99 Å². The molecule has 0 fully saturated rings. The smallest absolute Gasteiger partial charge is 0.414 e. The first-order valence-electron chi connectivity index (χ1n) is 7.87. The Morgan fingerprint density at radius 2 is 2.04 bits per heavy atom. The number of ether oxygens (including phenoxy) is 1. The molecular weight excluding hydrogens is 340 g/mol. The summed E-state index contributed by atoms with van der Waals surface area (Å²) in [5.41, 5.74) is -0.753. The molecule has 0 aliphatic carbocycles. The highest BCUT2D eigenvalue weighted by molar-refractivity contribution is 6.07. The summed E-state index contributed by atoms with van der Waals surface area (Å²) in [4.78, 5) is 27.9. The van der Waals surface area contributed by atoms with Crippen LogP contribution in [0.5, 0.6) is 5.75 Å². The standard InChI is InChI=1S/C17H22N4O5/c1-17(2,3)26-16(25)21-15(19-7-4-8-22)20-14(24)12-9-11(10-18)5-6-13(12)23/h5-6,9,22-23H,4,7-8H2,1-3H3,(H2,19,20,21,24,25).